The largest absolute Gasteiger partial charge is 0.328 e. The van der Waals surface area contributed by atoms with Gasteiger partial charge in [-0.15, -0.1) is 0 Å². The molecule has 4 aromatic rings. The minimum atomic E-state index is -0.112. The Labute approximate surface area is 174 Å². The van der Waals surface area contributed by atoms with Crippen molar-refractivity contribution in [3.63, 3.8) is 0 Å². The number of pyridine rings is 1. The molecule has 0 aliphatic carbocycles. The van der Waals surface area contributed by atoms with E-state index in [1.54, 1.807) is 12.4 Å². The lowest BCUT2D eigenvalue weighted by Crippen LogP contribution is -2.31. The first-order chi connectivity index (χ1) is 14.8. The first-order valence-corrected chi connectivity index (χ1v) is 10.1. The number of benzene rings is 2. The van der Waals surface area contributed by atoms with Crippen LogP contribution in [0.2, 0.25) is 0 Å². The number of likely N-dealkylation sites (tertiary alicyclic amines) is 1. The molecule has 6 nitrogen and oxygen atoms in total. The van der Waals surface area contributed by atoms with Gasteiger partial charge in [-0.2, -0.15) is 5.10 Å². The third-order valence-corrected chi connectivity index (χ3v) is 5.49. The lowest BCUT2D eigenvalue weighted by Gasteiger charge is -2.24. The normalized spacial score (nSPS) is 16.0. The van der Waals surface area contributed by atoms with E-state index < -0.39 is 0 Å². The van der Waals surface area contributed by atoms with Crippen LogP contribution >= 0.6 is 0 Å². The first kappa shape index (κ1) is 18.2. The second kappa shape index (κ2) is 7.91. The van der Waals surface area contributed by atoms with Crippen molar-refractivity contribution < 1.29 is 4.79 Å². The average molecular weight is 395 g/mol. The standard InChI is InChI=1S/C24H21N5O/c30-24(20-12-5-4-11-19(20)17-8-2-1-3-9-17)29-15-7-13-21(29)23-26-22(27-28-23)18-10-6-14-25-16-18/h1-6,8-12,14,16,21H,7,13,15H2,(H,26,27,28)/t21-/m1/s1. The van der Waals surface area contributed by atoms with Gasteiger partial charge in [-0.05, 0) is 42.2 Å². The molecule has 148 valence electrons. The van der Waals surface area contributed by atoms with Crippen LogP contribution in [-0.2, 0) is 0 Å². The summed E-state index contributed by atoms with van der Waals surface area (Å²) in [7, 11) is 0. The van der Waals surface area contributed by atoms with Crippen molar-refractivity contribution in [2.75, 3.05) is 6.54 Å². The van der Waals surface area contributed by atoms with E-state index in [0.717, 1.165) is 35.4 Å². The highest BCUT2D eigenvalue weighted by atomic mass is 16.2. The number of aromatic nitrogens is 4. The van der Waals surface area contributed by atoms with Gasteiger partial charge in [0.15, 0.2) is 5.82 Å². The lowest BCUT2D eigenvalue weighted by atomic mass is 9.98. The van der Waals surface area contributed by atoms with E-state index in [-0.39, 0.29) is 11.9 Å². The van der Waals surface area contributed by atoms with Gasteiger partial charge >= 0.3 is 0 Å². The number of nitrogens with zero attached hydrogens (tertiary/aromatic N) is 4. The van der Waals surface area contributed by atoms with Crippen molar-refractivity contribution in [1.29, 1.82) is 0 Å². The van der Waals surface area contributed by atoms with E-state index in [0.29, 0.717) is 17.9 Å². The molecule has 0 spiro atoms. The molecule has 30 heavy (non-hydrogen) atoms. The van der Waals surface area contributed by atoms with E-state index in [9.17, 15) is 4.79 Å². The fraction of sp³-hybridized carbons (Fsp3) is 0.167. The van der Waals surface area contributed by atoms with Crippen LogP contribution in [-0.4, -0.2) is 37.5 Å². The number of hydrogen-bond donors (Lipinski definition) is 1. The summed E-state index contributed by atoms with van der Waals surface area (Å²) in [4.78, 5) is 24.3. The summed E-state index contributed by atoms with van der Waals surface area (Å²) in [6.45, 7) is 0.704. The van der Waals surface area contributed by atoms with Crippen molar-refractivity contribution in [2.45, 2.75) is 18.9 Å². The minimum Gasteiger partial charge on any atom is -0.328 e. The Morgan fingerprint density at radius 2 is 1.77 bits per heavy atom. The molecule has 0 radical (unpaired) electrons. The lowest BCUT2D eigenvalue weighted by molar-refractivity contribution is 0.0731. The number of nitrogens with one attached hydrogen (secondary N) is 1. The number of hydrogen-bond acceptors (Lipinski definition) is 4. The van der Waals surface area contributed by atoms with E-state index in [1.807, 2.05) is 71.6 Å². The first-order valence-electron chi connectivity index (χ1n) is 10.1. The summed E-state index contributed by atoms with van der Waals surface area (Å²) in [5, 5.41) is 7.39. The summed E-state index contributed by atoms with van der Waals surface area (Å²) in [6.07, 6.45) is 5.26. The summed E-state index contributed by atoms with van der Waals surface area (Å²) >= 11 is 0. The maximum atomic E-state index is 13.6. The molecule has 1 fully saturated rings. The maximum Gasteiger partial charge on any atom is 0.255 e. The Kier molecular flexibility index (Phi) is 4.81. The number of carbonyl (C=O) groups excluding carboxylic acids is 1. The van der Waals surface area contributed by atoms with Crippen LogP contribution in [0.15, 0.2) is 79.1 Å². The van der Waals surface area contributed by atoms with Crippen molar-refractivity contribution in [3.8, 4) is 22.5 Å². The molecule has 1 amide bonds. The number of H-pyrrole nitrogens is 1. The highest BCUT2D eigenvalue weighted by Crippen LogP contribution is 2.34. The summed E-state index contributed by atoms with van der Waals surface area (Å²) in [5.41, 5.74) is 3.55. The third-order valence-electron chi connectivity index (χ3n) is 5.49. The Balaban J connectivity index is 1.45. The van der Waals surface area contributed by atoms with Crippen molar-refractivity contribution in [1.82, 2.24) is 25.1 Å². The summed E-state index contributed by atoms with van der Waals surface area (Å²) in [6, 6.07) is 21.5. The fourth-order valence-corrected chi connectivity index (χ4v) is 4.04. The molecule has 2 aromatic heterocycles. The van der Waals surface area contributed by atoms with Crippen LogP contribution in [0, 0.1) is 0 Å². The Bertz CT molecular complexity index is 1160. The molecule has 1 N–H and O–H groups in total. The predicted molar refractivity (Wildman–Crippen MR) is 115 cm³/mol. The quantitative estimate of drug-likeness (QED) is 0.552. The van der Waals surface area contributed by atoms with Crippen LogP contribution in [0.5, 0.6) is 0 Å². The molecule has 5 rings (SSSR count). The summed E-state index contributed by atoms with van der Waals surface area (Å²) < 4.78 is 0. The van der Waals surface area contributed by atoms with E-state index in [1.165, 1.54) is 0 Å². The van der Waals surface area contributed by atoms with Crippen LogP contribution in [0.25, 0.3) is 22.5 Å². The minimum absolute atomic E-state index is 0.0243. The molecule has 1 aliphatic rings. The molecule has 0 saturated carbocycles. The smallest absolute Gasteiger partial charge is 0.255 e. The van der Waals surface area contributed by atoms with Gasteiger partial charge in [-0.1, -0.05) is 48.5 Å². The van der Waals surface area contributed by atoms with E-state index in [4.69, 9.17) is 0 Å². The Morgan fingerprint density at radius 1 is 0.967 bits per heavy atom. The molecule has 0 unspecified atom stereocenters. The van der Waals surface area contributed by atoms with Gasteiger partial charge in [0.1, 0.15) is 5.82 Å². The van der Waals surface area contributed by atoms with Crippen LogP contribution in [0.4, 0.5) is 0 Å². The van der Waals surface area contributed by atoms with Gasteiger partial charge in [-0.3, -0.25) is 14.9 Å². The van der Waals surface area contributed by atoms with E-state index in [2.05, 4.69) is 20.2 Å². The van der Waals surface area contributed by atoms with Crippen LogP contribution in [0.1, 0.15) is 35.1 Å². The summed E-state index contributed by atoms with van der Waals surface area (Å²) in [5.74, 6) is 1.34. The zero-order valence-electron chi connectivity index (χ0n) is 16.4. The zero-order valence-corrected chi connectivity index (χ0v) is 16.4. The van der Waals surface area contributed by atoms with Gasteiger partial charge in [0, 0.05) is 30.1 Å². The van der Waals surface area contributed by atoms with Gasteiger partial charge in [-0.25, -0.2) is 4.98 Å². The predicted octanol–water partition coefficient (Wildman–Crippen LogP) is 4.51. The second-order valence-corrected chi connectivity index (χ2v) is 7.35. The van der Waals surface area contributed by atoms with Gasteiger partial charge in [0.25, 0.3) is 5.91 Å². The fourth-order valence-electron chi connectivity index (χ4n) is 4.04. The highest BCUT2D eigenvalue weighted by molar-refractivity contribution is 6.01. The molecule has 6 heteroatoms. The molecule has 1 aliphatic heterocycles. The van der Waals surface area contributed by atoms with Crippen molar-refractivity contribution >= 4 is 5.91 Å². The molecular weight excluding hydrogens is 374 g/mol. The number of carbonyl (C=O) groups is 1. The Hall–Kier alpha value is -3.80. The monoisotopic (exact) mass is 395 g/mol. The number of aromatic amines is 1. The van der Waals surface area contributed by atoms with Gasteiger partial charge < -0.3 is 4.90 Å². The topological polar surface area (TPSA) is 74.8 Å². The molecule has 1 atom stereocenters. The Morgan fingerprint density at radius 3 is 2.60 bits per heavy atom. The van der Waals surface area contributed by atoms with Gasteiger partial charge in [0.05, 0.1) is 6.04 Å². The third kappa shape index (κ3) is 3.37. The zero-order chi connectivity index (χ0) is 20.3. The molecule has 2 aromatic carbocycles. The average Bonchev–Trinajstić information content (AvgIpc) is 3.49. The number of amides is 1. The van der Waals surface area contributed by atoms with Crippen molar-refractivity contribution in [2.24, 2.45) is 0 Å². The van der Waals surface area contributed by atoms with Crippen LogP contribution < -0.4 is 0 Å². The molecular formula is C24H21N5O. The van der Waals surface area contributed by atoms with Gasteiger partial charge in [0.2, 0.25) is 0 Å². The molecule has 0 bridgehead atoms. The van der Waals surface area contributed by atoms with Crippen molar-refractivity contribution in [3.05, 3.63) is 90.5 Å². The SMILES string of the molecule is O=C(c1ccccc1-c1ccccc1)N1CCC[C@@H]1c1nc(-c2cccnc2)n[nH]1. The molecule has 1 saturated heterocycles. The van der Waals surface area contributed by atoms with Crippen LogP contribution in [0.3, 0.4) is 0 Å². The van der Waals surface area contributed by atoms with E-state index >= 15 is 0 Å². The second-order valence-electron chi connectivity index (χ2n) is 7.35. The number of rotatable bonds is 4. The highest BCUT2D eigenvalue weighted by Gasteiger charge is 2.33. The molecule has 3 heterocycles. The maximum absolute atomic E-state index is 13.6.